The lowest BCUT2D eigenvalue weighted by Crippen LogP contribution is -2.48. The van der Waals surface area contributed by atoms with Gasteiger partial charge >= 0.3 is 5.97 Å². The summed E-state index contributed by atoms with van der Waals surface area (Å²) in [5.74, 6) is -0.704. The number of nitrogens with one attached hydrogen (secondary N) is 2. The molecular weight excluding hydrogens is 425 g/mol. The van der Waals surface area contributed by atoms with E-state index >= 15 is 0 Å². The fourth-order valence-electron chi connectivity index (χ4n) is 4.41. The van der Waals surface area contributed by atoms with E-state index in [1.165, 1.54) is 13.2 Å². The molecule has 0 spiro atoms. The molecule has 2 aromatic carbocycles. The third kappa shape index (κ3) is 5.27. The number of rotatable bonds is 8. The Morgan fingerprint density at radius 2 is 1.91 bits per heavy atom. The minimum atomic E-state index is -0.676. The van der Waals surface area contributed by atoms with Gasteiger partial charge in [-0.15, -0.1) is 0 Å². The molecule has 8 heteroatoms. The molecule has 0 aromatic heterocycles. The fraction of sp³-hybridized carbons (Fsp3) is 0.440. The maximum absolute atomic E-state index is 14.2. The number of aromatic hydroxyl groups is 1. The average molecular weight is 456 g/mol. The number of piperidine rings is 1. The van der Waals surface area contributed by atoms with Crippen LogP contribution in [0.1, 0.15) is 41.6 Å². The summed E-state index contributed by atoms with van der Waals surface area (Å²) >= 11 is 0. The second kappa shape index (κ2) is 9.79. The number of phenolic OH excluding ortho intramolecular Hbond substituents is 1. The maximum atomic E-state index is 14.2. The first-order valence-electron chi connectivity index (χ1n) is 11.3. The van der Waals surface area contributed by atoms with Crippen LogP contribution in [-0.2, 0) is 16.1 Å². The van der Waals surface area contributed by atoms with Crippen LogP contribution in [0.2, 0.25) is 0 Å². The standard InChI is InChI=1S/C25H30FN3O4/c1-33-23(31)22-20(26)6-3-7-21(22)29-12-8-17(9-13-29)15-27-24(32)25(10-11-25)28-16-18-4-2-5-19(30)14-18/h2-7,14,17,28,30H,8-13,15-16H2,1H3,(H,27,32). The first-order valence-corrected chi connectivity index (χ1v) is 11.3. The van der Waals surface area contributed by atoms with E-state index in [0.717, 1.165) is 31.2 Å². The molecular formula is C25H30FN3O4. The maximum Gasteiger partial charge on any atom is 0.342 e. The number of benzene rings is 2. The smallest absolute Gasteiger partial charge is 0.342 e. The van der Waals surface area contributed by atoms with E-state index in [1.807, 2.05) is 11.0 Å². The highest BCUT2D eigenvalue weighted by molar-refractivity contribution is 5.96. The van der Waals surface area contributed by atoms with Crippen molar-refractivity contribution < 1.29 is 23.8 Å². The molecule has 3 N–H and O–H groups in total. The number of carbonyl (C=O) groups excluding carboxylic acids is 2. The number of nitrogens with zero attached hydrogens (tertiary/aromatic N) is 1. The number of ether oxygens (including phenoxy) is 1. The van der Waals surface area contributed by atoms with Gasteiger partial charge in [-0.25, -0.2) is 9.18 Å². The van der Waals surface area contributed by atoms with E-state index < -0.39 is 17.3 Å². The Morgan fingerprint density at radius 1 is 1.18 bits per heavy atom. The Balaban J connectivity index is 1.27. The van der Waals surface area contributed by atoms with Crippen LogP contribution in [-0.4, -0.2) is 49.3 Å². The molecule has 0 radical (unpaired) electrons. The second-order valence-corrected chi connectivity index (χ2v) is 8.87. The lowest BCUT2D eigenvalue weighted by atomic mass is 9.95. The number of carbonyl (C=O) groups is 2. The van der Waals surface area contributed by atoms with Crippen LogP contribution in [0.4, 0.5) is 10.1 Å². The van der Waals surface area contributed by atoms with Crippen molar-refractivity contribution in [3.8, 4) is 5.75 Å². The minimum Gasteiger partial charge on any atom is -0.508 e. The molecule has 4 rings (SSSR count). The molecule has 1 amide bonds. The first-order chi connectivity index (χ1) is 15.9. The van der Waals surface area contributed by atoms with Crippen molar-refractivity contribution in [3.63, 3.8) is 0 Å². The molecule has 1 saturated carbocycles. The van der Waals surface area contributed by atoms with Gasteiger partial charge in [-0.1, -0.05) is 18.2 Å². The zero-order valence-corrected chi connectivity index (χ0v) is 18.8. The normalized spacial score (nSPS) is 17.5. The van der Waals surface area contributed by atoms with E-state index in [2.05, 4.69) is 10.6 Å². The van der Waals surface area contributed by atoms with Crippen LogP contribution in [0.3, 0.4) is 0 Å². The predicted molar refractivity (Wildman–Crippen MR) is 123 cm³/mol. The van der Waals surface area contributed by atoms with Crippen molar-refractivity contribution in [1.29, 1.82) is 0 Å². The molecule has 0 unspecified atom stereocenters. The Bertz CT molecular complexity index is 1020. The lowest BCUT2D eigenvalue weighted by molar-refractivity contribution is -0.124. The summed E-state index contributed by atoms with van der Waals surface area (Å²) in [6.45, 7) is 2.47. The molecule has 1 saturated heterocycles. The molecule has 1 aliphatic carbocycles. The molecule has 176 valence electrons. The summed E-state index contributed by atoms with van der Waals surface area (Å²) in [6, 6.07) is 11.6. The zero-order chi connectivity index (χ0) is 23.4. The minimum absolute atomic E-state index is 0.0168. The van der Waals surface area contributed by atoms with Crippen LogP contribution >= 0.6 is 0 Å². The lowest BCUT2D eigenvalue weighted by Gasteiger charge is -2.34. The van der Waals surface area contributed by atoms with E-state index in [-0.39, 0.29) is 17.2 Å². The zero-order valence-electron chi connectivity index (χ0n) is 18.8. The predicted octanol–water partition coefficient (Wildman–Crippen LogP) is 2.97. The summed E-state index contributed by atoms with van der Waals surface area (Å²) < 4.78 is 19.0. The quantitative estimate of drug-likeness (QED) is 0.530. The number of anilines is 1. The van der Waals surface area contributed by atoms with Gasteiger partial charge in [0.15, 0.2) is 0 Å². The summed E-state index contributed by atoms with van der Waals surface area (Å²) in [5, 5.41) is 16.1. The summed E-state index contributed by atoms with van der Waals surface area (Å²) in [4.78, 5) is 26.9. The highest BCUT2D eigenvalue weighted by Gasteiger charge is 2.49. The largest absolute Gasteiger partial charge is 0.508 e. The number of amides is 1. The Morgan fingerprint density at radius 3 is 2.58 bits per heavy atom. The Kier molecular flexibility index (Phi) is 6.83. The van der Waals surface area contributed by atoms with Crippen molar-refractivity contribution in [3.05, 3.63) is 59.4 Å². The average Bonchev–Trinajstić information content (AvgIpc) is 3.62. The van der Waals surface area contributed by atoms with Crippen molar-refractivity contribution in [2.75, 3.05) is 31.6 Å². The van der Waals surface area contributed by atoms with Crippen LogP contribution in [0.15, 0.2) is 42.5 Å². The van der Waals surface area contributed by atoms with E-state index in [0.29, 0.717) is 37.8 Å². The van der Waals surface area contributed by atoms with Gasteiger partial charge in [0.1, 0.15) is 17.1 Å². The van der Waals surface area contributed by atoms with Gasteiger partial charge < -0.3 is 20.1 Å². The molecule has 1 heterocycles. The third-order valence-corrected chi connectivity index (χ3v) is 6.61. The Hall–Kier alpha value is -3.13. The number of hydrogen-bond acceptors (Lipinski definition) is 6. The van der Waals surface area contributed by atoms with Crippen molar-refractivity contribution in [2.24, 2.45) is 5.92 Å². The van der Waals surface area contributed by atoms with E-state index in [4.69, 9.17) is 4.74 Å². The van der Waals surface area contributed by atoms with Crippen molar-refractivity contribution >= 4 is 17.6 Å². The number of methoxy groups -OCH3 is 1. The fourth-order valence-corrected chi connectivity index (χ4v) is 4.41. The van der Waals surface area contributed by atoms with Gasteiger partial charge in [0.2, 0.25) is 5.91 Å². The molecule has 7 nitrogen and oxygen atoms in total. The van der Waals surface area contributed by atoms with E-state index in [9.17, 15) is 19.1 Å². The molecule has 2 aromatic rings. The van der Waals surface area contributed by atoms with Crippen molar-refractivity contribution in [1.82, 2.24) is 10.6 Å². The number of phenols is 1. The molecule has 33 heavy (non-hydrogen) atoms. The molecule has 1 aliphatic heterocycles. The molecule has 0 bridgehead atoms. The highest BCUT2D eigenvalue weighted by atomic mass is 19.1. The van der Waals surface area contributed by atoms with Gasteiger partial charge in [0, 0.05) is 26.2 Å². The first kappa shape index (κ1) is 23.0. The third-order valence-electron chi connectivity index (χ3n) is 6.61. The topological polar surface area (TPSA) is 90.9 Å². The number of esters is 1. The van der Waals surface area contributed by atoms with Crippen LogP contribution in [0.5, 0.6) is 5.75 Å². The van der Waals surface area contributed by atoms with Gasteiger partial charge in [-0.2, -0.15) is 0 Å². The summed E-state index contributed by atoms with van der Waals surface area (Å²) in [6.07, 6.45) is 3.26. The summed E-state index contributed by atoms with van der Waals surface area (Å²) in [7, 11) is 1.25. The molecule has 2 aliphatic rings. The van der Waals surface area contributed by atoms with Crippen LogP contribution < -0.4 is 15.5 Å². The van der Waals surface area contributed by atoms with Gasteiger partial charge in [-0.05, 0) is 61.4 Å². The van der Waals surface area contributed by atoms with E-state index in [1.54, 1.807) is 30.3 Å². The van der Waals surface area contributed by atoms with Gasteiger partial charge in [0.25, 0.3) is 0 Å². The van der Waals surface area contributed by atoms with Crippen molar-refractivity contribution in [2.45, 2.75) is 37.8 Å². The highest BCUT2D eigenvalue weighted by Crippen LogP contribution is 2.36. The Labute approximate surface area is 192 Å². The second-order valence-electron chi connectivity index (χ2n) is 8.87. The van der Waals surface area contributed by atoms with Gasteiger partial charge in [0.05, 0.1) is 18.3 Å². The number of halogens is 1. The summed E-state index contributed by atoms with van der Waals surface area (Å²) in [5.41, 5.74) is 0.936. The van der Waals surface area contributed by atoms with Gasteiger partial charge in [-0.3, -0.25) is 10.1 Å². The number of hydrogen-bond donors (Lipinski definition) is 3. The molecule has 0 atom stereocenters. The monoisotopic (exact) mass is 455 g/mol. The molecule has 2 fully saturated rings. The van der Waals surface area contributed by atoms with Crippen LogP contribution in [0.25, 0.3) is 0 Å². The van der Waals surface area contributed by atoms with Crippen LogP contribution in [0, 0.1) is 11.7 Å². The SMILES string of the molecule is COC(=O)c1c(F)cccc1N1CCC(CNC(=O)C2(NCc3cccc(O)c3)CC2)CC1.